The maximum Gasteiger partial charge on any atom is 0.248 e. The molecule has 2 fully saturated rings. The standard InChI is InChI=1S/C28H39N5O4/c1-16(2)37-20-9-10-21-18(12-20)8-11-22(21)29-26(35)24-13-19(34)14-32(24)27(36)25(28(3,4)5)33-15-23(30-31-33)17-6-7-17/h9-10,12,15-17,19,22,24-25,34H,6-8,11,13-14H2,1-5H3,(H,29,35). The van der Waals surface area contributed by atoms with Crippen LogP contribution in [-0.4, -0.2) is 61.6 Å². The Morgan fingerprint density at radius 3 is 2.62 bits per heavy atom. The van der Waals surface area contributed by atoms with Gasteiger partial charge in [0.1, 0.15) is 17.8 Å². The lowest BCUT2D eigenvalue weighted by molar-refractivity contribution is -0.144. The number of ether oxygens (including phenoxy) is 1. The summed E-state index contributed by atoms with van der Waals surface area (Å²) in [6.45, 7) is 10.1. The summed E-state index contributed by atoms with van der Waals surface area (Å²) < 4.78 is 7.48. The molecule has 2 heterocycles. The van der Waals surface area contributed by atoms with Gasteiger partial charge in [-0.05, 0) is 68.2 Å². The van der Waals surface area contributed by atoms with Crippen molar-refractivity contribution in [2.24, 2.45) is 5.41 Å². The van der Waals surface area contributed by atoms with Gasteiger partial charge in [-0.1, -0.05) is 32.1 Å². The zero-order chi connectivity index (χ0) is 26.5. The quantitative estimate of drug-likeness (QED) is 0.593. The Morgan fingerprint density at radius 2 is 1.95 bits per heavy atom. The number of nitrogens with zero attached hydrogens (tertiary/aromatic N) is 4. The van der Waals surface area contributed by atoms with Gasteiger partial charge in [-0.15, -0.1) is 5.10 Å². The summed E-state index contributed by atoms with van der Waals surface area (Å²) in [4.78, 5) is 29.0. The number of fused-ring (bicyclic) bond motifs is 1. The number of aliphatic hydroxyl groups is 1. The van der Waals surface area contributed by atoms with Crippen molar-refractivity contribution in [1.82, 2.24) is 25.2 Å². The van der Waals surface area contributed by atoms with Gasteiger partial charge in [-0.2, -0.15) is 0 Å². The van der Waals surface area contributed by atoms with Gasteiger partial charge in [0.15, 0.2) is 0 Å². The van der Waals surface area contributed by atoms with E-state index in [2.05, 4.69) is 21.7 Å². The molecule has 2 N–H and O–H groups in total. The van der Waals surface area contributed by atoms with Gasteiger partial charge in [0.25, 0.3) is 0 Å². The van der Waals surface area contributed by atoms with Crippen molar-refractivity contribution in [1.29, 1.82) is 0 Å². The highest BCUT2D eigenvalue weighted by Gasteiger charge is 2.46. The third-order valence-corrected chi connectivity index (χ3v) is 7.59. The zero-order valence-electron chi connectivity index (χ0n) is 22.5. The van der Waals surface area contributed by atoms with Crippen LogP contribution in [0.2, 0.25) is 0 Å². The monoisotopic (exact) mass is 509 g/mol. The summed E-state index contributed by atoms with van der Waals surface area (Å²) >= 11 is 0. The lowest BCUT2D eigenvalue weighted by atomic mass is 9.85. The topological polar surface area (TPSA) is 110 Å². The molecule has 5 rings (SSSR count). The van der Waals surface area contributed by atoms with Crippen LogP contribution in [0.25, 0.3) is 0 Å². The van der Waals surface area contributed by atoms with Gasteiger partial charge in [0, 0.05) is 25.1 Å². The molecule has 2 aromatic rings. The second-order valence-corrected chi connectivity index (χ2v) is 12.2. The highest BCUT2D eigenvalue weighted by atomic mass is 16.5. The van der Waals surface area contributed by atoms with E-state index in [0.29, 0.717) is 5.92 Å². The number of nitrogens with one attached hydrogen (secondary N) is 1. The molecule has 37 heavy (non-hydrogen) atoms. The van der Waals surface area contributed by atoms with E-state index in [4.69, 9.17) is 4.74 Å². The predicted octanol–water partition coefficient (Wildman–Crippen LogP) is 3.30. The van der Waals surface area contributed by atoms with Crippen LogP contribution in [0.1, 0.15) is 95.1 Å². The number of carbonyl (C=O) groups excluding carboxylic acids is 2. The SMILES string of the molecule is CC(C)Oc1ccc2c(c1)CCC2NC(=O)C1CC(O)CN1C(=O)C(n1cc(C2CC2)nn1)C(C)(C)C. The average Bonchev–Trinajstić information content (AvgIpc) is 3.22. The largest absolute Gasteiger partial charge is 0.491 e. The minimum Gasteiger partial charge on any atom is -0.491 e. The molecule has 4 atom stereocenters. The van der Waals surface area contributed by atoms with Crippen LogP contribution in [0.3, 0.4) is 0 Å². The van der Waals surface area contributed by atoms with Gasteiger partial charge in [0.2, 0.25) is 11.8 Å². The maximum absolute atomic E-state index is 13.9. The molecule has 0 radical (unpaired) electrons. The van der Waals surface area contributed by atoms with Crippen molar-refractivity contribution in [2.75, 3.05) is 6.54 Å². The van der Waals surface area contributed by atoms with Crippen molar-refractivity contribution in [3.05, 3.63) is 41.2 Å². The Morgan fingerprint density at radius 1 is 1.19 bits per heavy atom. The molecule has 2 amide bonds. The molecule has 4 unspecified atom stereocenters. The van der Waals surface area contributed by atoms with Gasteiger partial charge in [0.05, 0.1) is 23.9 Å². The van der Waals surface area contributed by atoms with E-state index >= 15 is 0 Å². The van der Waals surface area contributed by atoms with Crippen molar-refractivity contribution in [2.45, 2.75) is 103 Å². The first-order valence-electron chi connectivity index (χ1n) is 13.5. The predicted molar refractivity (Wildman–Crippen MR) is 138 cm³/mol. The van der Waals surface area contributed by atoms with Crippen LogP contribution in [0.5, 0.6) is 5.75 Å². The summed E-state index contributed by atoms with van der Waals surface area (Å²) in [5.41, 5.74) is 2.72. The highest BCUT2D eigenvalue weighted by Crippen LogP contribution is 2.40. The number of aliphatic hydroxyl groups excluding tert-OH is 1. The van der Waals surface area contributed by atoms with E-state index < -0.39 is 23.6 Å². The first-order chi connectivity index (χ1) is 17.5. The third kappa shape index (κ3) is 5.37. The number of hydrogen-bond donors (Lipinski definition) is 2. The fourth-order valence-electron chi connectivity index (χ4n) is 5.68. The molecule has 1 aromatic heterocycles. The van der Waals surface area contributed by atoms with Crippen LogP contribution in [0, 0.1) is 5.41 Å². The number of benzene rings is 1. The molecule has 0 spiro atoms. The molecule has 200 valence electrons. The lowest BCUT2D eigenvalue weighted by Gasteiger charge is -2.34. The van der Waals surface area contributed by atoms with Gasteiger partial charge in [-0.3, -0.25) is 9.59 Å². The second-order valence-electron chi connectivity index (χ2n) is 12.2. The summed E-state index contributed by atoms with van der Waals surface area (Å²) in [7, 11) is 0. The van der Waals surface area contributed by atoms with E-state index in [1.54, 1.807) is 9.58 Å². The summed E-state index contributed by atoms with van der Waals surface area (Å²) in [6, 6.07) is 4.54. The van der Waals surface area contributed by atoms with Crippen LogP contribution in [0.15, 0.2) is 24.4 Å². The molecule has 2 aliphatic carbocycles. The number of carbonyl (C=O) groups is 2. The van der Waals surface area contributed by atoms with Crippen LogP contribution in [-0.2, 0) is 16.0 Å². The number of β-amino-alcohol motifs (C(OH)–C–C–N with tert-alkyl or cyclic N) is 1. The summed E-state index contributed by atoms with van der Waals surface area (Å²) in [5, 5.41) is 22.3. The van der Waals surface area contributed by atoms with E-state index in [9.17, 15) is 14.7 Å². The second kappa shape index (κ2) is 9.74. The number of likely N-dealkylation sites (tertiary alicyclic amines) is 1. The zero-order valence-corrected chi connectivity index (χ0v) is 22.5. The molecule has 9 heteroatoms. The maximum atomic E-state index is 13.9. The van der Waals surface area contributed by atoms with Crippen molar-refractivity contribution < 1.29 is 19.4 Å². The molecule has 1 saturated heterocycles. The fourth-order valence-corrected chi connectivity index (χ4v) is 5.68. The molecule has 1 saturated carbocycles. The Hall–Kier alpha value is -2.94. The van der Waals surface area contributed by atoms with Crippen molar-refractivity contribution in [3.63, 3.8) is 0 Å². The molecule has 1 aliphatic heterocycles. The minimum absolute atomic E-state index is 0.0991. The Balaban J connectivity index is 1.32. The van der Waals surface area contributed by atoms with Gasteiger partial charge >= 0.3 is 0 Å². The Bertz CT molecular complexity index is 1170. The van der Waals surface area contributed by atoms with E-state index in [1.165, 1.54) is 5.56 Å². The molecule has 0 bridgehead atoms. The summed E-state index contributed by atoms with van der Waals surface area (Å²) in [6.07, 6.45) is 5.30. The van der Waals surface area contributed by atoms with Crippen LogP contribution < -0.4 is 10.1 Å². The highest BCUT2D eigenvalue weighted by molar-refractivity contribution is 5.90. The number of aryl methyl sites for hydroxylation is 1. The number of amides is 2. The van der Waals surface area contributed by atoms with E-state index in [-0.39, 0.29) is 36.9 Å². The number of aromatic nitrogens is 3. The fraction of sp³-hybridized carbons (Fsp3) is 0.643. The van der Waals surface area contributed by atoms with E-state index in [0.717, 1.165) is 42.7 Å². The van der Waals surface area contributed by atoms with Gasteiger partial charge in [-0.25, -0.2) is 4.68 Å². The summed E-state index contributed by atoms with van der Waals surface area (Å²) in [5.74, 6) is 0.829. The molecule has 9 nitrogen and oxygen atoms in total. The molecule has 3 aliphatic rings. The minimum atomic E-state index is -0.746. The van der Waals surface area contributed by atoms with Crippen LogP contribution >= 0.6 is 0 Å². The van der Waals surface area contributed by atoms with Crippen LogP contribution in [0.4, 0.5) is 0 Å². The van der Waals surface area contributed by atoms with E-state index in [1.807, 2.05) is 52.9 Å². The average molecular weight is 510 g/mol. The Labute approximate surface area is 218 Å². The molecular formula is C28H39N5O4. The first kappa shape index (κ1) is 25.7. The normalized spacial score (nSPS) is 24.3. The van der Waals surface area contributed by atoms with Crippen molar-refractivity contribution in [3.8, 4) is 5.75 Å². The van der Waals surface area contributed by atoms with Crippen molar-refractivity contribution >= 4 is 11.8 Å². The smallest absolute Gasteiger partial charge is 0.248 e. The third-order valence-electron chi connectivity index (χ3n) is 7.59. The van der Waals surface area contributed by atoms with Gasteiger partial charge < -0.3 is 20.1 Å². The number of hydrogen-bond acceptors (Lipinski definition) is 6. The lowest BCUT2D eigenvalue weighted by Crippen LogP contribution is -2.50. The number of rotatable bonds is 7. The first-order valence-corrected chi connectivity index (χ1v) is 13.5. The molecular weight excluding hydrogens is 470 g/mol. The molecule has 1 aromatic carbocycles. The Kier molecular flexibility index (Phi) is 6.77.